The number of rotatable bonds is 17. The topological polar surface area (TPSA) is 286 Å². The normalized spacial score (nSPS) is 29.4. The molecule has 2 fully saturated rings. The molecule has 0 spiro atoms. The molecule has 18 heteroatoms. The van der Waals surface area contributed by atoms with Crippen molar-refractivity contribution in [3.05, 3.63) is 0 Å². The van der Waals surface area contributed by atoms with E-state index >= 15 is 0 Å². The van der Waals surface area contributed by atoms with Gasteiger partial charge in [-0.2, -0.15) is 0 Å². The molecule has 0 aromatic heterocycles. The summed E-state index contributed by atoms with van der Waals surface area (Å²) in [7, 11) is 0. The maximum Gasteiger partial charge on any atom is 0.312 e. The van der Waals surface area contributed by atoms with E-state index in [0.29, 0.717) is 19.4 Å². The number of carbonyl (C=O) groups excluding carboxylic acids is 4. The predicted octanol–water partition coefficient (Wildman–Crippen LogP) is 0.237. The zero-order chi connectivity index (χ0) is 43.0. The number of carbonyl (C=O) groups is 4. The van der Waals surface area contributed by atoms with Gasteiger partial charge in [-0.25, -0.2) is 4.79 Å². The number of aliphatic hydroxyl groups excluding tert-OH is 6. The fraction of sp³-hybridized carbons (Fsp3) is 0.892. The quantitative estimate of drug-likeness (QED) is 0.0704. The van der Waals surface area contributed by atoms with Gasteiger partial charge in [0.05, 0.1) is 23.9 Å². The Morgan fingerprint density at radius 2 is 1.33 bits per heavy atom. The van der Waals surface area contributed by atoms with E-state index in [2.05, 4.69) is 15.4 Å². The molecule has 2 aliphatic rings. The van der Waals surface area contributed by atoms with E-state index in [1.807, 2.05) is 41.5 Å². The van der Waals surface area contributed by atoms with Crippen LogP contribution in [0.5, 0.6) is 0 Å². The number of Topliss-reactive ketones (excluding diaryl/α,β-unsaturated/α-hetero) is 2. The SMILES string of the molecule is CC(C)(C)O[C@@H]1O[C@H](OC=O)[C@@H](O)[C@H](O)[C@H]1O.CC(C)N[C@H](C(=O)C[C@@H](CCCNC(N)=O)C(=O)C(C)C)C(C)C.CC(C)O[C@H]1O[C@@H](C)[C@H](O)[C@@H](O)[C@@H]1O. The summed E-state index contributed by atoms with van der Waals surface area (Å²) in [6.07, 6.45) is -10.6. The lowest BCUT2D eigenvalue weighted by atomic mass is 9.84. The van der Waals surface area contributed by atoms with Crippen molar-refractivity contribution >= 4 is 24.1 Å². The van der Waals surface area contributed by atoms with E-state index in [1.54, 1.807) is 41.5 Å². The zero-order valence-electron chi connectivity index (χ0n) is 34.6. The standard InChI is InChI=1S/C18H35N3O3.C10H18O7.C9H18O5/c1-11(2)16(21-13(5)6)15(22)10-14(17(23)12(3)4)8-7-9-20-18(19)24;1-10(2,3)17-9-7(14)5(12)6(13)8(16-9)15-4-11;1-4(2)13-9-8(12)7(11)6(10)5(3)14-9/h11-14,16,21H,7-10H2,1-6H3,(H3,19,20,24);4-9,12-14H,1-3H3;4-12H,1-3H3/t14-,16+;2*5-,6-,7+,8-,9-/m100/s1. The lowest BCUT2D eigenvalue weighted by molar-refractivity contribution is -0.354. The van der Waals surface area contributed by atoms with Gasteiger partial charge in [0.25, 0.3) is 6.47 Å². The van der Waals surface area contributed by atoms with Gasteiger partial charge < -0.3 is 70.7 Å². The molecule has 55 heavy (non-hydrogen) atoms. The fourth-order valence-electron chi connectivity index (χ4n) is 5.59. The molecule has 18 nitrogen and oxygen atoms in total. The third kappa shape index (κ3) is 19.6. The number of hydrogen-bond donors (Lipinski definition) is 9. The van der Waals surface area contributed by atoms with Gasteiger partial charge >= 0.3 is 6.03 Å². The highest BCUT2D eigenvalue weighted by atomic mass is 16.8. The Labute approximate surface area is 325 Å². The molecule has 0 aliphatic carbocycles. The number of amides is 2. The first-order valence-electron chi connectivity index (χ1n) is 18.9. The zero-order valence-corrected chi connectivity index (χ0v) is 34.6. The van der Waals surface area contributed by atoms with E-state index in [0.717, 1.165) is 0 Å². The minimum atomic E-state index is -1.52. The minimum Gasteiger partial charge on any atom is -0.435 e. The van der Waals surface area contributed by atoms with E-state index in [4.69, 9.17) is 24.7 Å². The van der Waals surface area contributed by atoms with Crippen LogP contribution in [-0.2, 0) is 38.1 Å². The summed E-state index contributed by atoms with van der Waals surface area (Å²) in [6.45, 7) is 22.7. The molecule has 0 radical (unpaired) electrons. The predicted molar refractivity (Wildman–Crippen MR) is 200 cm³/mol. The molecule has 2 rings (SSSR count). The fourth-order valence-corrected chi connectivity index (χ4v) is 5.59. The molecule has 2 amide bonds. The van der Waals surface area contributed by atoms with Gasteiger partial charge in [0.1, 0.15) is 42.4 Å². The van der Waals surface area contributed by atoms with Crippen molar-refractivity contribution in [2.45, 2.75) is 188 Å². The Morgan fingerprint density at radius 3 is 1.78 bits per heavy atom. The molecule has 2 saturated heterocycles. The van der Waals surface area contributed by atoms with Crippen molar-refractivity contribution < 1.29 is 73.5 Å². The molecule has 10 N–H and O–H groups in total. The number of nitrogens with two attached hydrogens (primary N) is 1. The van der Waals surface area contributed by atoms with Crippen molar-refractivity contribution in [2.75, 3.05) is 6.54 Å². The first-order chi connectivity index (χ1) is 25.2. The summed E-state index contributed by atoms with van der Waals surface area (Å²) in [5, 5.41) is 62.8. The molecule has 2 aliphatic heterocycles. The molecular formula is C37H71N3O15. The van der Waals surface area contributed by atoms with Crippen LogP contribution in [0.1, 0.15) is 102 Å². The van der Waals surface area contributed by atoms with Gasteiger partial charge in [0, 0.05) is 30.8 Å². The lowest BCUT2D eigenvalue weighted by Crippen LogP contribution is -2.59. The van der Waals surface area contributed by atoms with Gasteiger partial charge in [0.2, 0.25) is 6.29 Å². The summed E-state index contributed by atoms with van der Waals surface area (Å²) in [4.78, 5) is 46.0. The highest BCUT2D eigenvalue weighted by Crippen LogP contribution is 2.26. The molecule has 324 valence electrons. The van der Waals surface area contributed by atoms with E-state index in [1.165, 1.54) is 0 Å². The number of hydrogen-bond acceptors (Lipinski definition) is 16. The second kappa shape index (κ2) is 25.1. The maximum atomic E-state index is 12.7. The van der Waals surface area contributed by atoms with E-state index < -0.39 is 73.2 Å². The summed E-state index contributed by atoms with van der Waals surface area (Å²) < 4.78 is 25.3. The number of urea groups is 1. The number of primary amides is 1. The number of ether oxygens (including phenoxy) is 5. The Hall–Kier alpha value is -2.36. The second-order valence-corrected chi connectivity index (χ2v) is 16.1. The Morgan fingerprint density at radius 1 is 0.800 bits per heavy atom. The average Bonchev–Trinajstić information content (AvgIpc) is 3.06. The van der Waals surface area contributed by atoms with Crippen LogP contribution in [0.2, 0.25) is 0 Å². The van der Waals surface area contributed by atoms with Crippen LogP contribution in [0.15, 0.2) is 0 Å². The first-order valence-corrected chi connectivity index (χ1v) is 18.9. The Kier molecular flexibility index (Phi) is 24.0. The summed E-state index contributed by atoms with van der Waals surface area (Å²) in [5.74, 6) is -0.0499. The highest BCUT2D eigenvalue weighted by Gasteiger charge is 2.47. The summed E-state index contributed by atoms with van der Waals surface area (Å²) >= 11 is 0. The highest BCUT2D eigenvalue weighted by molar-refractivity contribution is 5.91. The van der Waals surface area contributed by atoms with E-state index in [9.17, 15) is 49.8 Å². The van der Waals surface area contributed by atoms with Crippen molar-refractivity contribution in [1.82, 2.24) is 10.6 Å². The van der Waals surface area contributed by atoms with Gasteiger partial charge in [0.15, 0.2) is 18.4 Å². The molecule has 0 aromatic carbocycles. The van der Waals surface area contributed by atoms with Crippen LogP contribution in [0.4, 0.5) is 4.79 Å². The molecule has 0 aromatic rings. The van der Waals surface area contributed by atoms with Crippen molar-refractivity contribution in [3.8, 4) is 0 Å². The van der Waals surface area contributed by atoms with Crippen LogP contribution < -0.4 is 16.4 Å². The largest absolute Gasteiger partial charge is 0.435 e. The van der Waals surface area contributed by atoms with Crippen molar-refractivity contribution in [2.24, 2.45) is 23.5 Å². The lowest BCUT2D eigenvalue weighted by Gasteiger charge is -2.41. The van der Waals surface area contributed by atoms with Crippen LogP contribution >= 0.6 is 0 Å². The molecule has 12 atom stereocenters. The van der Waals surface area contributed by atoms with Gasteiger partial charge in [-0.1, -0.05) is 41.5 Å². The van der Waals surface area contributed by atoms with E-state index in [-0.39, 0.29) is 60.4 Å². The average molecular weight is 798 g/mol. The number of nitrogens with one attached hydrogen (secondary N) is 2. The van der Waals surface area contributed by atoms with Crippen LogP contribution in [0.25, 0.3) is 0 Å². The minimum absolute atomic E-state index is 0.0839. The molecule has 0 saturated carbocycles. The van der Waals surface area contributed by atoms with Crippen molar-refractivity contribution in [3.63, 3.8) is 0 Å². The number of ketones is 2. The molecule has 2 heterocycles. The third-order valence-electron chi connectivity index (χ3n) is 8.37. The number of aliphatic hydroxyl groups is 6. The molecule has 0 bridgehead atoms. The van der Waals surface area contributed by atoms with Crippen molar-refractivity contribution in [1.29, 1.82) is 0 Å². The van der Waals surface area contributed by atoms with Crippen LogP contribution in [-0.4, -0.2) is 147 Å². The molecule has 0 unspecified atom stereocenters. The first kappa shape index (κ1) is 52.6. The van der Waals surface area contributed by atoms with Gasteiger partial charge in [-0.3, -0.25) is 14.4 Å². The molecular weight excluding hydrogens is 726 g/mol. The smallest absolute Gasteiger partial charge is 0.312 e. The van der Waals surface area contributed by atoms with Crippen LogP contribution in [0, 0.1) is 17.8 Å². The Balaban J connectivity index is 0.000000827. The van der Waals surface area contributed by atoms with Gasteiger partial charge in [-0.15, -0.1) is 0 Å². The monoisotopic (exact) mass is 797 g/mol. The third-order valence-corrected chi connectivity index (χ3v) is 8.37. The van der Waals surface area contributed by atoms with Gasteiger partial charge in [-0.05, 0) is 60.3 Å². The van der Waals surface area contributed by atoms with Crippen LogP contribution in [0.3, 0.4) is 0 Å². The summed E-state index contributed by atoms with van der Waals surface area (Å²) in [5.41, 5.74) is 4.41. The Bertz CT molecular complexity index is 1140. The second-order valence-electron chi connectivity index (χ2n) is 16.1. The summed E-state index contributed by atoms with van der Waals surface area (Å²) in [6, 6.07) is -0.601. The maximum absolute atomic E-state index is 12.7.